The Bertz CT molecular complexity index is 730. The topological polar surface area (TPSA) is 60.1 Å². The summed E-state index contributed by atoms with van der Waals surface area (Å²) >= 11 is 13.1. The molecule has 0 saturated heterocycles. The summed E-state index contributed by atoms with van der Waals surface area (Å²) < 4.78 is 1.19. The fraction of sp³-hybridized carbons (Fsp3) is 0.167. The summed E-state index contributed by atoms with van der Waals surface area (Å²) in [5.74, 6) is 0. The van der Waals surface area contributed by atoms with Crippen LogP contribution in [0, 0.1) is 6.92 Å². The van der Waals surface area contributed by atoms with Crippen LogP contribution in [0.1, 0.15) is 11.3 Å². The van der Waals surface area contributed by atoms with E-state index in [1.165, 1.54) is 22.7 Å². The van der Waals surface area contributed by atoms with Gasteiger partial charge in [-0.25, -0.2) is 0 Å². The highest BCUT2D eigenvalue weighted by Crippen LogP contribution is 2.19. The number of thioether (sulfide) groups is 1. The molecule has 0 radical (unpaired) electrons. The van der Waals surface area contributed by atoms with Crippen LogP contribution in [0.3, 0.4) is 0 Å². The van der Waals surface area contributed by atoms with Gasteiger partial charge in [-0.1, -0.05) is 41.0 Å². The van der Waals surface area contributed by atoms with Crippen molar-refractivity contribution in [3.8, 4) is 0 Å². The zero-order valence-electron chi connectivity index (χ0n) is 10.7. The number of aryl methyl sites for hydroxylation is 1. The molecular weight excluding hydrogens is 319 g/mol. The number of hydrogen-bond donors (Lipinski definition) is 0. The Morgan fingerprint density at radius 3 is 2.75 bits per heavy atom. The lowest BCUT2D eigenvalue weighted by Gasteiger charge is -2.04. The SMILES string of the molecule is CSc1nnc(C)c(=O)n1/N=C\c1ccc(Cl)cc1Cl. The molecule has 0 bridgehead atoms. The molecule has 1 aromatic carbocycles. The van der Waals surface area contributed by atoms with E-state index >= 15 is 0 Å². The van der Waals surface area contributed by atoms with Crippen LogP contribution < -0.4 is 5.56 Å². The molecule has 0 aliphatic carbocycles. The predicted molar refractivity (Wildman–Crippen MR) is 82.3 cm³/mol. The van der Waals surface area contributed by atoms with Crippen molar-refractivity contribution >= 4 is 41.2 Å². The van der Waals surface area contributed by atoms with Gasteiger partial charge in [-0.2, -0.15) is 9.78 Å². The van der Waals surface area contributed by atoms with Crippen molar-refractivity contribution in [1.82, 2.24) is 14.9 Å². The molecular formula is C12H10Cl2N4OS. The van der Waals surface area contributed by atoms with Crippen molar-refractivity contribution in [2.45, 2.75) is 12.1 Å². The first-order valence-electron chi connectivity index (χ1n) is 5.52. The van der Waals surface area contributed by atoms with E-state index in [1.54, 1.807) is 31.4 Å². The minimum absolute atomic E-state index is 0.280. The Hall–Kier alpha value is -1.37. The van der Waals surface area contributed by atoms with Gasteiger partial charge in [0.1, 0.15) is 5.69 Å². The van der Waals surface area contributed by atoms with Gasteiger partial charge in [0, 0.05) is 10.6 Å². The third-order valence-corrected chi connectivity index (χ3v) is 3.61. The minimum atomic E-state index is -0.314. The van der Waals surface area contributed by atoms with Crippen LogP contribution in [0.4, 0.5) is 0 Å². The smallest absolute Gasteiger partial charge is 0.265 e. The molecule has 8 heteroatoms. The van der Waals surface area contributed by atoms with Gasteiger partial charge in [-0.05, 0) is 25.3 Å². The molecule has 2 aromatic rings. The van der Waals surface area contributed by atoms with Gasteiger partial charge in [0.15, 0.2) is 0 Å². The van der Waals surface area contributed by atoms with Gasteiger partial charge in [0.25, 0.3) is 5.56 Å². The van der Waals surface area contributed by atoms with E-state index in [-0.39, 0.29) is 11.3 Å². The first-order valence-corrected chi connectivity index (χ1v) is 7.50. The van der Waals surface area contributed by atoms with Crippen molar-refractivity contribution in [2.24, 2.45) is 5.10 Å². The summed E-state index contributed by atoms with van der Waals surface area (Å²) in [6.45, 7) is 1.58. The first-order chi connectivity index (χ1) is 9.52. The van der Waals surface area contributed by atoms with E-state index in [4.69, 9.17) is 23.2 Å². The maximum absolute atomic E-state index is 12.0. The van der Waals surface area contributed by atoms with E-state index in [0.29, 0.717) is 20.8 Å². The Kier molecular flexibility index (Phi) is 4.80. The molecule has 0 aliphatic rings. The van der Waals surface area contributed by atoms with Crippen molar-refractivity contribution in [1.29, 1.82) is 0 Å². The molecule has 0 spiro atoms. The number of hydrogen-bond acceptors (Lipinski definition) is 5. The van der Waals surface area contributed by atoms with E-state index in [2.05, 4.69) is 15.3 Å². The highest BCUT2D eigenvalue weighted by Gasteiger charge is 2.07. The second-order valence-corrected chi connectivity index (χ2v) is 5.42. The zero-order chi connectivity index (χ0) is 14.7. The molecule has 0 atom stereocenters. The molecule has 2 rings (SSSR count). The van der Waals surface area contributed by atoms with Crippen LogP contribution in [0.15, 0.2) is 33.3 Å². The molecule has 1 heterocycles. The fourth-order valence-corrected chi connectivity index (χ4v) is 2.28. The number of benzene rings is 1. The van der Waals surface area contributed by atoms with Crippen LogP contribution in [-0.4, -0.2) is 27.3 Å². The lowest BCUT2D eigenvalue weighted by atomic mass is 10.2. The molecule has 0 fully saturated rings. The Balaban J connectivity index is 2.46. The standard InChI is InChI=1S/C12H10Cl2N4OS/c1-7-11(19)18(12(20-2)17-16-7)15-6-8-3-4-9(13)5-10(8)14/h3-6H,1-2H3/b15-6-. The quantitative estimate of drug-likeness (QED) is 0.642. The second kappa shape index (κ2) is 6.39. The molecule has 0 aliphatic heterocycles. The normalized spacial score (nSPS) is 11.2. The maximum atomic E-state index is 12.0. The van der Waals surface area contributed by atoms with E-state index in [1.807, 2.05) is 0 Å². The highest BCUT2D eigenvalue weighted by atomic mass is 35.5. The van der Waals surface area contributed by atoms with E-state index in [0.717, 1.165) is 0 Å². The lowest BCUT2D eigenvalue weighted by Crippen LogP contribution is -2.23. The molecule has 0 N–H and O–H groups in total. The third-order valence-electron chi connectivity index (χ3n) is 2.43. The molecule has 5 nitrogen and oxygen atoms in total. The van der Waals surface area contributed by atoms with Crippen LogP contribution in [0.25, 0.3) is 0 Å². The zero-order valence-corrected chi connectivity index (χ0v) is 13.0. The van der Waals surface area contributed by atoms with Crippen LogP contribution in [0.2, 0.25) is 10.0 Å². The summed E-state index contributed by atoms with van der Waals surface area (Å²) in [5, 5.41) is 13.2. The Morgan fingerprint density at radius 1 is 1.35 bits per heavy atom. The molecule has 104 valence electrons. The number of aromatic nitrogens is 3. The van der Waals surface area contributed by atoms with Crippen molar-refractivity contribution in [2.75, 3.05) is 6.26 Å². The molecule has 1 aromatic heterocycles. The predicted octanol–water partition coefficient (Wildman–Crippen LogP) is 2.86. The molecule has 0 amide bonds. The van der Waals surface area contributed by atoms with Crippen molar-refractivity contribution < 1.29 is 0 Å². The van der Waals surface area contributed by atoms with Crippen molar-refractivity contribution in [3.63, 3.8) is 0 Å². The van der Waals surface area contributed by atoms with E-state index < -0.39 is 0 Å². The van der Waals surface area contributed by atoms with Crippen molar-refractivity contribution in [3.05, 3.63) is 49.9 Å². The van der Waals surface area contributed by atoms with E-state index in [9.17, 15) is 4.79 Å². The van der Waals surface area contributed by atoms with Crippen LogP contribution in [-0.2, 0) is 0 Å². The average Bonchev–Trinajstić information content (AvgIpc) is 2.42. The lowest BCUT2D eigenvalue weighted by molar-refractivity contribution is 0.635. The summed E-state index contributed by atoms with van der Waals surface area (Å²) in [7, 11) is 0. The number of nitrogens with zero attached hydrogens (tertiary/aromatic N) is 4. The number of rotatable bonds is 3. The summed E-state index contributed by atoms with van der Waals surface area (Å²) in [4.78, 5) is 12.0. The molecule has 20 heavy (non-hydrogen) atoms. The Labute approximate surface area is 129 Å². The average molecular weight is 329 g/mol. The fourth-order valence-electron chi connectivity index (χ4n) is 1.40. The van der Waals surface area contributed by atoms with Gasteiger partial charge in [-0.3, -0.25) is 4.79 Å². The van der Waals surface area contributed by atoms with Crippen LogP contribution in [0.5, 0.6) is 0 Å². The van der Waals surface area contributed by atoms with Gasteiger partial charge in [0.2, 0.25) is 5.16 Å². The number of halogens is 2. The van der Waals surface area contributed by atoms with Gasteiger partial charge < -0.3 is 0 Å². The third kappa shape index (κ3) is 3.20. The summed E-state index contributed by atoms with van der Waals surface area (Å²) in [6.07, 6.45) is 3.28. The largest absolute Gasteiger partial charge is 0.296 e. The van der Waals surface area contributed by atoms with Gasteiger partial charge in [-0.15, -0.1) is 10.2 Å². The van der Waals surface area contributed by atoms with Crippen LogP contribution >= 0.6 is 35.0 Å². The second-order valence-electron chi connectivity index (χ2n) is 3.80. The summed E-state index contributed by atoms with van der Waals surface area (Å²) in [6, 6.07) is 5.03. The molecule has 0 unspecified atom stereocenters. The summed E-state index contributed by atoms with van der Waals surface area (Å²) in [5.41, 5.74) is 0.623. The first kappa shape index (κ1) is 15.0. The minimum Gasteiger partial charge on any atom is -0.265 e. The Morgan fingerprint density at radius 2 is 2.10 bits per heavy atom. The maximum Gasteiger partial charge on any atom is 0.296 e. The van der Waals surface area contributed by atoms with Gasteiger partial charge >= 0.3 is 0 Å². The monoisotopic (exact) mass is 328 g/mol. The molecule has 0 saturated carbocycles. The highest BCUT2D eigenvalue weighted by molar-refractivity contribution is 7.98. The van der Waals surface area contributed by atoms with Gasteiger partial charge in [0.05, 0.1) is 11.2 Å².